The van der Waals surface area contributed by atoms with Crippen LogP contribution in [-0.2, 0) is 10.3 Å². The molecule has 1 aliphatic carbocycles. The highest BCUT2D eigenvalue weighted by Crippen LogP contribution is 2.54. The number of carbonyl (C=O) groups is 1. The fourth-order valence-electron chi connectivity index (χ4n) is 4.43. The third-order valence-electron chi connectivity index (χ3n) is 5.27. The molecule has 2 fully saturated rings. The SMILES string of the molecule is CC(=O)N1[C@H]2CC[C@@H](C#N)[C@H](C2)[C@@]1(C)c1ccccc1. The molecule has 0 aromatic heterocycles. The first-order valence-corrected chi connectivity index (χ1v) is 7.34. The van der Waals surface area contributed by atoms with Crippen LogP contribution >= 0.6 is 0 Å². The van der Waals surface area contributed by atoms with Crippen LogP contribution < -0.4 is 0 Å². The summed E-state index contributed by atoms with van der Waals surface area (Å²) in [4.78, 5) is 14.3. The number of carbonyl (C=O) groups excluding carboxylic acids is 1. The number of amides is 1. The van der Waals surface area contributed by atoms with Gasteiger partial charge in [-0.25, -0.2) is 0 Å². The van der Waals surface area contributed by atoms with Crippen LogP contribution in [0.2, 0.25) is 0 Å². The fourth-order valence-corrected chi connectivity index (χ4v) is 4.43. The number of nitriles is 1. The molecule has 1 heterocycles. The molecule has 1 aromatic carbocycles. The molecule has 3 rings (SSSR count). The van der Waals surface area contributed by atoms with E-state index in [9.17, 15) is 10.1 Å². The van der Waals surface area contributed by atoms with Crippen LogP contribution in [0.1, 0.15) is 38.7 Å². The van der Waals surface area contributed by atoms with Crippen LogP contribution in [0.5, 0.6) is 0 Å². The molecule has 2 aliphatic rings. The minimum Gasteiger partial charge on any atom is -0.330 e. The number of rotatable bonds is 1. The summed E-state index contributed by atoms with van der Waals surface area (Å²) in [6, 6.07) is 13.0. The maximum atomic E-state index is 12.2. The molecule has 20 heavy (non-hydrogen) atoms. The van der Waals surface area contributed by atoms with Crippen molar-refractivity contribution in [3.63, 3.8) is 0 Å². The van der Waals surface area contributed by atoms with Gasteiger partial charge in [0.15, 0.2) is 0 Å². The van der Waals surface area contributed by atoms with Crippen molar-refractivity contribution < 1.29 is 4.79 Å². The molecule has 1 aliphatic heterocycles. The second-order valence-electron chi connectivity index (χ2n) is 6.21. The lowest BCUT2D eigenvalue weighted by molar-refractivity contribution is -0.135. The van der Waals surface area contributed by atoms with Gasteiger partial charge in [0.2, 0.25) is 5.91 Å². The quantitative estimate of drug-likeness (QED) is 0.785. The number of nitrogens with zero attached hydrogens (tertiary/aromatic N) is 2. The maximum Gasteiger partial charge on any atom is 0.220 e. The third kappa shape index (κ3) is 1.67. The van der Waals surface area contributed by atoms with Crippen molar-refractivity contribution in [1.29, 1.82) is 5.26 Å². The molecular formula is C17H20N2O. The van der Waals surface area contributed by atoms with E-state index in [1.165, 1.54) is 0 Å². The number of likely N-dealkylation sites (tertiary alicyclic amines) is 1. The molecular weight excluding hydrogens is 248 g/mol. The van der Waals surface area contributed by atoms with E-state index < -0.39 is 0 Å². The van der Waals surface area contributed by atoms with Crippen molar-refractivity contribution >= 4 is 5.91 Å². The smallest absolute Gasteiger partial charge is 0.220 e. The van der Waals surface area contributed by atoms with Crippen molar-refractivity contribution in [3.8, 4) is 6.07 Å². The fraction of sp³-hybridized carbons (Fsp3) is 0.529. The lowest BCUT2D eigenvalue weighted by atomic mass is 9.70. The van der Waals surface area contributed by atoms with E-state index in [0.717, 1.165) is 24.8 Å². The molecule has 3 nitrogen and oxygen atoms in total. The first-order valence-electron chi connectivity index (χ1n) is 7.34. The lowest BCUT2D eigenvalue weighted by Crippen LogP contribution is -2.47. The number of benzene rings is 1. The molecule has 0 spiro atoms. The molecule has 1 saturated carbocycles. The minimum absolute atomic E-state index is 0.0563. The van der Waals surface area contributed by atoms with Gasteiger partial charge in [0.05, 0.1) is 17.5 Å². The Bertz CT molecular complexity index is 562. The Labute approximate surface area is 120 Å². The Balaban J connectivity index is 2.13. The average Bonchev–Trinajstić information content (AvgIpc) is 2.70. The van der Waals surface area contributed by atoms with Gasteiger partial charge < -0.3 is 4.90 Å². The molecule has 104 valence electrons. The number of fused-ring (bicyclic) bond motifs is 2. The van der Waals surface area contributed by atoms with Crippen molar-refractivity contribution in [1.82, 2.24) is 4.90 Å². The Morgan fingerprint density at radius 3 is 2.65 bits per heavy atom. The summed E-state index contributed by atoms with van der Waals surface area (Å²) in [6.07, 6.45) is 2.83. The maximum absolute atomic E-state index is 12.2. The summed E-state index contributed by atoms with van der Waals surface area (Å²) in [7, 11) is 0. The van der Waals surface area contributed by atoms with Gasteiger partial charge in [0.25, 0.3) is 0 Å². The Hall–Kier alpha value is -1.82. The summed E-state index contributed by atoms with van der Waals surface area (Å²) in [6.45, 7) is 3.80. The van der Waals surface area contributed by atoms with Gasteiger partial charge >= 0.3 is 0 Å². The molecule has 3 heteroatoms. The summed E-state index contributed by atoms with van der Waals surface area (Å²) in [5, 5.41) is 9.46. The first kappa shape index (κ1) is 13.2. The van der Waals surface area contributed by atoms with Crippen molar-refractivity contribution in [2.75, 3.05) is 0 Å². The standard InChI is InChI=1S/C17H20N2O/c1-12(20)19-15-9-8-13(11-18)16(10-15)17(19,2)14-6-4-3-5-7-14/h3-7,13,15-16H,8-10H2,1-2H3/t13-,15-,16-,17+/m0/s1. The Kier molecular flexibility index (Phi) is 3.05. The van der Waals surface area contributed by atoms with E-state index in [0.29, 0.717) is 6.04 Å². The summed E-state index contributed by atoms with van der Waals surface area (Å²) in [5.41, 5.74) is 0.819. The van der Waals surface area contributed by atoms with Gasteiger partial charge in [-0.05, 0) is 31.7 Å². The highest BCUT2D eigenvalue weighted by atomic mass is 16.2. The molecule has 0 N–H and O–H groups in total. The number of hydrogen-bond acceptors (Lipinski definition) is 2. The highest BCUT2D eigenvalue weighted by molar-refractivity contribution is 5.75. The van der Waals surface area contributed by atoms with E-state index in [1.54, 1.807) is 6.92 Å². The van der Waals surface area contributed by atoms with Crippen LogP contribution in [-0.4, -0.2) is 16.8 Å². The first-order chi connectivity index (χ1) is 9.59. The predicted molar refractivity (Wildman–Crippen MR) is 76.5 cm³/mol. The average molecular weight is 268 g/mol. The monoisotopic (exact) mass is 268 g/mol. The lowest BCUT2D eigenvalue weighted by Gasteiger charge is -2.40. The molecule has 1 saturated heterocycles. The largest absolute Gasteiger partial charge is 0.330 e. The number of hydrogen-bond donors (Lipinski definition) is 0. The minimum atomic E-state index is -0.339. The van der Waals surface area contributed by atoms with Gasteiger partial charge in [-0.3, -0.25) is 4.79 Å². The second kappa shape index (κ2) is 4.63. The van der Waals surface area contributed by atoms with Crippen molar-refractivity contribution in [3.05, 3.63) is 35.9 Å². The molecule has 0 unspecified atom stereocenters. The van der Waals surface area contributed by atoms with Crippen molar-refractivity contribution in [2.24, 2.45) is 11.8 Å². The molecule has 0 radical (unpaired) electrons. The van der Waals surface area contributed by atoms with Gasteiger partial charge in [-0.1, -0.05) is 30.3 Å². The van der Waals surface area contributed by atoms with Gasteiger partial charge in [-0.2, -0.15) is 5.26 Å². The van der Waals surface area contributed by atoms with E-state index in [2.05, 4.69) is 25.1 Å². The topological polar surface area (TPSA) is 44.1 Å². The summed E-state index contributed by atoms with van der Waals surface area (Å²) in [5.74, 6) is 0.431. The molecule has 1 amide bonds. The Morgan fingerprint density at radius 2 is 2.05 bits per heavy atom. The van der Waals surface area contributed by atoms with E-state index >= 15 is 0 Å². The van der Waals surface area contributed by atoms with Crippen LogP contribution in [0.4, 0.5) is 0 Å². The Morgan fingerprint density at radius 1 is 1.35 bits per heavy atom. The predicted octanol–water partition coefficient (Wildman–Crippen LogP) is 3.07. The van der Waals surface area contributed by atoms with Crippen LogP contribution in [0.25, 0.3) is 0 Å². The summed E-state index contributed by atoms with van der Waals surface area (Å²) >= 11 is 0. The zero-order chi connectivity index (χ0) is 14.3. The normalized spacial score (nSPS) is 35.6. The summed E-state index contributed by atoms with van der Waals surface area (Å²) < 4.78 is 0. The van der Waals surface area contributed by atoms with E-state index in [4.69, 9.17) is 0 Å². The van der Waals surface area contributed by atoms with Gasteiger partial charge in [0.1, 0.15) is 0 Å². The third-order valence-corrected chi connectivity index (χ3v) is 5.27. The zero-order valence-electron chi connectivity index (χ0n) is 12.0. The van der Waals surface area contributed by atoms with E-state index in [-0.39, 0.29) is 23.3 Å². The highest BCUT2D eigenvalue weighted by Gasteiger charge is 2.57. The van der Waals surface area contributed by atoms with Gasteiger partial charge in [-0.15, -0.1) is 0 Å². The van der Waals surface area contributed by atoms with Crippen molar-refractivity contribution in [2.45, 2.75) is 44.7 Å². The van der Waals surface area contributed by atoms with Crippen LogP contribution in [0.3, 0.4) is 0 Å². The van der Waals surface area contributed by atoms with E-state index in [1.807, 2.05) is 23.1 Å². The molecule has 2 bridgehead atoms. The van der Waals surface area contributed by atoms with Gasteiger partial charge in [0, 0.05) is 18.9 Å². The second-order valence-corrected chi connectivity index (χ2v) is 6.21. The van der Waals surface area contributed by atoms with Crippen LogP contribution in [0, 0.1) is 23.2 Å². The molecule has 1 aromatic rings. The van der Waals surface area contributed by atoms with Crippen LogP contribution in [0.15, 0.2) is 30.3 Å². The molecule has 4 atom stereocenters. The zero-order valence-corrected chi connectivity index (χ0v) is 12.0.